The Morgan fingerprint density at radius 2 is 2.08 bits per heavy atom. The van der Waals surface area contributed by atoms with Crippen molar-refractivity contribution in [1.82, 2.24) is 4.31 Å². The van der Waals surface area contributed by atoms with Gasteiger partial charge in [-0.25, -0.2) is 0 Å². The van der Waals surface area contributed by atoms with E-state index < -0.39 is 10.4 Å². The highest BCUT2D eigenvalue weighted by molar-refractivity contribution is 8.34. The molecule has 0 spiro atoms. The van der Waals surface area contributed by atoms with E-state index in [0.717, 1.165) is 0 Å². The molecule has 0 bridgehead atoms. The Morgan fingerprint density at radius 3 is 2.33 bits per heavy atom. The van der Waals surface area contributed by atoms with E-state index in [1.807, 2.05) is 0 Å². The first-order valence-corrected chi connectivity index (χ1v) is 8.92. The highest BCUT2D eigenvalue weighted by Crippen LogP contribution is 2.49. The standard InChI is InChI=1S/C8H22N2SSi/c1-4-5-10(8(2)3)11(9)6-12-7-11/h8H,4-7,9,12H2,1-3H3. The van der Waals surface area contributed by atoms with Gasteiger partial charge in [0.2, 0.25) is 0 Å². The van der Waals surface area contributed by atoms with Gasteiger partial charge in [0, 0.05) is 22.1 Å². The molecule has 12 heavy (non-hydrogen) atoms. The van der Waals surface area contributed by atoms with Crippen LogP contribution in [-0.4, -0.2) is 37.2 Å². The second-order valence-corrected chi connectivity index (χ2v) is 10.1. The Morgan fingerprint density at radius 1 is 1.50 bits per heavy atom. The Hall–Kier alpha value is 0.487. The summed E-state index contributed by atoms with van der Waals surface area (Å²) in [5, 5.41) is 9.19. The number of nitrogens with zero attached hydrogens (tertiary/aromatic N) is 1. The van der Waals surface area contributed by atoms with Crippen LogP contribution >= 0.6 is 10.4 Å². The van der Waals surface area contributed by atoms with Gasteiger partial charge in [-0.05, 0) is 31.0 Å². The molecule has 1 aliphatic heterocycles. The smallest absolute Gasteiger partial charge is 0.0454 e. The van der Waals surface area contributed by atoms with E-state index in [1.54, 1.807) is 0 Å². The zero-order valence-electron chi connectivity index (χ0n) is 8.55. The van der Waals surface area contributed by atoms with E-state index in [9.17, 15) is 0 Å². The highest BCUT2D eigenvalue weighted by Gasteiger charge is 2.34. The lowest BCUT2D eigenvalue weighted by atomic mass is 10.4. The van der Waals surface area contributed by atoms with E-state index in [4.69, 9.17) is 5.14 Å². The van der Waals surface area contributed by atoms with Crippen LogP contribution in [0.5, 0.6) is 0 Å². The summed E-state index contributed by atoms with van der Waals surface area (Å²) in [6, 6.07) is 0.652. The molecule has 0 aromatic rings. The van der Waals surface area contributed by atoms with Crippen LogP contribution in [-0.2, 0) is 0 Å². The molecule has 1 rings (SSSR count). The van der Waals surface area contributed by atoms with Crippen molar-refractivity contribution in [3.63, 3.8) is 0 Å². The largest absolute Gasteiger partial charge is 0.284 e. The molecule has 4 heteroatoms. The molecule has 2 N–H and O–H groups in total. The molecular formula is C8H22N2SSi. The normalized spacial score (nSPS) is 36.8. The van der Waals surface area contributed by atoms with Crippen molar-refractivity contribution in [3.05, 3.63) is 0 Å². The molecule has 0 saturated carbocycles. The molecule has 74 valence electrons. The molecule has 0 aromatic carbocycles. The van der Waals surface area contributed by atoms with Gasteiger partial charge >= 0.3 is 0 Å². The van der Waals surface area contributed by atoms with Gasteiger partial charge in [-0.15, -0.1) is 10.4 Å². The molecular weight excluding hydrogens is 184 g/mol. The first-order valence-electron chi connectivity index (χ1n) is 4.93. The third-order valence-corrected chi connectivity index (χ3v) is 12.0. The summed E-state index contributed by atoms with van der Waals surface area (Å²) in [6.45, 7) is 8.00. The summed E-state index contributed by atoms with van der Waals surface area (Å²) in [5.41, 5.74) is 0. The fourth-order valence-corrected chi connectivity index (χ4v) is 8.54. The van der Waals surface area contributed by atoms with E-state index in [1.165, 1.54) is 23.7 Å². The molecule has 0 unspecified atom stereocenters. The van der Waals surface area contributed by atoms with Gasteiger partial charge in [0.15, 0.2) is 0 Å². The van der Waals surface area contributed by atoms with Crippen LogP contribution in [0.25, 0.3) is 0 Å². The van der Waals surface area contributed by atoms with Gasteiger partial charge in [-0.2, -0.15) is 0 Å². The fraction of sp³-hybridized carbons (Fsp3) is 1.00. The first kappa shape index (κ1) is 10.6. The molecule has 2 nitrogen and oxygen atoms in total. The van der Waals surface area contributed by atoms with Gasteiger partial charge in [-0.3, -0.25) is 9.44 Å². The fourth-order valence-electron chi connectivity index (χ4n) is 1.75. The van der Waals surface area contributed by atoms with Crippen LogP contribution in [0.3, 0.4) is 0 Å². The van der Waals surface area contributed by atoms with Crippen LogP contribution in [0, 0.1) is 0 Å². The summed E-state index contributed by atoms with van der Waals surface area (Å²) in [4.78, 5) is 0. The average Bonchev–Trinajstić information content (AvgIpc) is 1.95. The molecule has 0 aromatic heterocycles. The quantitative estimate of drug-likeness (QED) is 0.690. The van der Waals surface area contributed by atoms with E-state index >= 15 is 0 Å². The third-order valence-electron chi connectivity index (χ3n) is 2.48. The van der Waals surface area contributed by atoms with Crippen molar-refractivity contribution in [1.29, 1.82) is 0 Å². The predicted molar refractivity (Wildman–Crippen MR) is 62.2 cm³/mol. The summed E-state index contributed by atoms with van der Waals surface area (Å²) >= 11 is 0. The lowest BCUT2D eigenvalue weighted by Crippen LogP contribution is -2.50. The van der Waals surface area contributed by atoms with Crippen LogP contribution in [0.1, 0.15) is 27.2 Å². The van der Waals surface area contributed by atoms with Crippen molar-refractivity contribution in [3.8, 4) is 0 Å². The molecule has 1 saturated heterocycles. The van der Waals surface area contributed by atoms with Crippen molar-refractivity contribution < 1.29 is 0 Å². The third kappa shape index (κ3) is 2.04. The molecule has 1 aliphatic rings. The summed E-state index contributed by atoms with van der Waals surface area (Å²) in [5.74, 6) is 0. The summed E-state index contributed by atoms with van der Waals surface area (Å²) in [7, 11) is -0.467. The van der Waals surface area contributed by atoms with Gasteiger partial charge in [0.25, 0.3) is 0 Å². The molecule has 1 heterocycles. The van der Waals surface area contributed by atoms with Gasteiger partial charge in [0.1, 0.15) is 0 Å². The van der Waals surface area contributed by atoms with Crippen LogP contribution in [0.4, 0.5) is 0 Å². The Labute approximate surface area is 80.3 Å². The minimum absolute atomic E-state index is 0.279. The maximum Gasteiger partial charge on any atom is 0.0454 e. The lowest BCUT2D eigenvalue weighted by Gasteiger charge is -2.54. The lowest BCUT2D eigenvalue weighted by molar-refractivity contribution is 0.384. The first-order chi connectivity index (χ1) is 5.60. The molecule has 0 amide bonds. The topological polar surface area (TPSA) is 29.3 Å². The minimum atomic E-state index is -0.746. The predicted octanol–water partition coefficient (Wildman–Crippen LogP) is 0.797. The van der Waals surface area contributed by atoms with E-state index in [-0.39, 0.29) is 9.52 Å². The Kier molecular flexibility index (Phi) is 3.64. The second kappa shape index (κ2) is 4.13. The monoisotopic (exact) mass is 206 g/mol. The van der Waals surface area contributed by atoms with Crippen LogP contribution < -0.4 is 5.14 Å². The van der Waals surface area contributed by atoms with Gasteiger partial charge < -0.3 is 0 Å². The highest BCUT2D eigenvalue weighted by atomic mass is 32.3. The number of hydrogen-bond donors (Lipinski definition) is 1. The average molecular weight is 206 g/mol. The zero-order valence-corrected chi connectivity index (χ0v) is 10.8. The maximum absolute atomic E-state index is 6.38. The van der Waals surface area contributed by atoms with Crippen molar-refractivity contribution in [2.24, 2.45) is 5.14 Å². The zero-order chi connectivity index (χ0) is 9.19. The van der Waals surface area contributed by atoms with E-state index in [2.05, 4.69) is 25.1 Å². The number of hydrogen-bond acceptors (Lipinski definition) is 2. The SMILES string of the molecule is CCCN(C(C)C)S1(N)C[SiH2]C1. The second-order valence-electron chi connectivity index (χ2n) is 3.90. The molecule has 0 aliphatic carbocycles. The molecule has 0 atom stereocenters. The van der Waals surface area contributed by atoms with Crippen LogP contribution in [0.2, 0.25) is 0 Å². The number of nitrogens with two attached hydrogens (primary N) is 1. The van der Waals surface area contributed by atoms with Crippen LogP contribution in [0.15, 0.2) is 0 Å². The summed E-state index contributed by atoms with van der Waals surface area (Å²) < 4.78 is 2.57. The maximum atomic E-state index is 6.38. The summed E-state index contributed by atoms with van der Waals surface area (Å²) in [6.07, 6.45) is 1.24. The van der Waals surface area contributed by atoms with Crippen molar-refractivity contribution >= 4 is 19.9 Å². The Bertz CT molecular complexity index is 148. The number of rotatable bonds is 4. The van der Waals surface area contributed by atoms with Gasteiger partial charge in [-0.1, -0.05) is 6.92 Å². The minimum Gasteiger partial charge on any atom is -0.284 e. The van der Waals surface area contributed by atoms with Crippen molar-refractivity contribution in [2.45, 2.75) is 33.2 Å². The molecule has 1 fully saturated rings. The Balaban J connectivity index is 2.52. The van der Waals surface area contributed by atoms with Gasteiger partial charge in [0.05, 0.1) is 0 Å². The van der Waals surface area contributed by atoms with E-state index in [0.29, 0.717) is 6.04 Å². The molecule has 0 radical (unpaired) electrons. The van der Waals surface area contributed by atoms with Crippen molar-refractivity contribution in [2.75, 3.05) is 17.3 Å².